The third-order valence-electron chi connectivity index (χ3n) is 2.96. The fraction of sp³-hybridized carbons (Fsp3) is 0.462. The summed E-state index contributed by atoms with van der Waals surface area (Å²) in [6.45, 7) is 3.28. The second-order valence-electron chi connectivity index (χ2n) is 4.28. The number of halogens is 1. The zero-order valence-corrected chi connectivity index (χ0v) is 11.4. The Labute approximate surface area is 110 Å². The molecule has 1 aliphatic rings. The number of carbonyl (C=O) groups is 1. The molecule has 0 spiro atoms. The van der Waals surface area contributed by atoms with Crippen molar-refractivity contribution < 1.29 is 9.53 Å². The van der Waals surface area contributed by atoms with Crippen molar-refractivity contribution in [2.75, 3.05) is 18.5 Å². The number of carbonyl (C=O) groups excluding carboxylic acids is 1. The normalized spacial score (nSPS) is 24.7. The molecule has 1 aromatic rings. The highest BCUT2D eigenvalue weighted by atomic mass is 79.9. The number of nitrogens with zero attached hydrogens (tertiary/aromatic N) is 1. The van der Waals surface area contributed by atoms with Crippen LogP contribution in [0.1, 0.15) is 17.3 Å². The van der Waals surface area contributed by atoms with Gasteiger partial charge >= 0.3 is 0 Å². The van der Waals surface area contributed by atoms with Gasteiger partial charge in [0, 0.05) is 17.4 Å². The zero-order valence-electron chi connectivity index (χ0n) is 9.80. The Hall–Kier alpha value is -0.870. The minimum atomic E-state index is 0.0901. The second kappa shape index (κ2) is 5.65. The van der Waals surface area contributed by atoms with Gasteiger partial charge in [-0.05, 0) is 19.1 Å². The van der Waals surface area contributed by atoms with Gasteiger partial charge in [0.25, 0.3) is 5.91 Å². The van der Waals surface area contributed by atoms with E-state index in [-0.39, 0.29) is 18.1 Å². The van der Waals surface area contributed by atoms with Crippen molar-refractivity contribution in [3.8, 4) is 0 Å². The fourth-order valence-corrected chi connectivity index (χ4v) is 2.33. The van der Waals surface area contributed by atoms with Crippen molar-refractivity contribution in [3.05, 3.63) is 35.9 Å². The predicted molar refractivity (Wildman–Crippen MR) is 70.5 cm³/mol. The van der Waals surface area contributed by atoms with Crippen molar-refractivity contribution in [1.29, 1.82) is 0 Å². The molecule has 4 heteroatoms. The van der Waals surface area contributed by atoms with Gasteiger partial charge in [-0.1, -0.05) is 34.1 Å². The lowest BCUT2D eigenvalue weighted by Gasteiger charge is -2.37. The van der Waals surface area contributed by atoms with Crippen LogP contribution in [-0.4, -0.2) is 41.4 Å². The highest BCUT2D eigenvalue weighted by molar-refractivity contribution is 9.09. The quantitative estimate of drug-likeness (QED) is 0.784. The van der Waals surface area contributed by atoms with Crippen molar-refractivity contribution in [1.82, 2.24) is 4.90 Å². The van der Waals surface area contributed by atoms with Crippen LogP contribution in [0, 0.1) is 0 Å². The molecule has 2 rings (SSSR count). The number of hydrogen-bond donors (Lipinski definition) is 0. The van der Waals surface area contributed by atoms with Gasteiger partial charge in [-0.2, -0.15) is 0 Å². The van der Waals surface area contributed by atoms with Crippen LogP contribution in [0.15, 0.2) is 30.3 Å². The number of rotatable bonds is 2. The van der Waals surface area contributed by atoms with E-state index in [0.29, 0.717) is 13.2 Å². The molecule has 2 atom stereocenters. The smallest absolute Gasteiger partial charge is 0.254 e. The summed E-state index contributed by atoms with van der Waals surface area (Å²) in [5.41, 5.74) is 0.745. The summed E-state index contributed by atoms with van der Waals surface area (Å²) in [5.74, 6) is 0.0901. The molecule has 0 bridgehead atoms. The Morgan fingerprint density at radius 1 is 1.47 bits per heavy atom. The van der Waals surface area contributed by atoms with Gasteiger partial charge in [-0.15, -0.1) is 0 Å². The molecule has 1 fully saturated rings. The molecule has 1 amide bonds. The summed E-state index contributed by atoms with van der Waals surface area (Å²) in [4.78, 5) is 14.2. The minimum absolute atomic E-state index is 0.0901. The molecule has 17 heavy (non-hydrogen) atoms. The van der Waals surface area contributed by atoms with E-state index in [9.17, 15) is 4.79 Å². The number of morpholine rings is 1. The number of amides is 1. The first-order valence-corrected chi connectivity index (χ1v) is 6.88. The van der Waals surface area contributed by atoms with Crippen molar-refractivity contribution in [2.45, 2.75) is 19.1 Å². The summed E-state index contributed by atoms with van der Waals surface area (Å²) >= 11 is 3.40. The highest BCUT2D eigenvalue weighted by Crippen LogP contribution is 2.16. The molecular formula is C13H16BrNO2. The Bertz CT molecular complexity index is 382. The largest absolute Gasteiger partial charge is 0.373 e. The molecule has 1 aliphatic heterocycles. The molecule has 92 valence electrons. The van der Waals surface area contributed by atoms with Crippen LogP contribution in [0.3, 0.4) is 0 Å². The molecule has 1 saturated heterocycles. The van der Waals surface area contributed by atoms with Crippen molar-refractivity contribution in [2.24, 2.45) is 0 Å². The minimum Gasteiger partial charge on any atom is -0.373 e. The average molecular weight is 298 g/mol. The fourth-order valence-electron chi connectivity index (χ4n) is 1.94. The molecule has 0 aromatic heterocycles. The van der Waals surface area contributed by atoms with Crippen LogP contribution in [-0.2, 0) is 4.74 Å². The maximum absolute atomic E-state index is 12.3. The van der Waals surface area contributed by atoms with Crippen LogP contribution >= 0.6 is 15.9 Å². The summed E-state index contributed by atoms with van der Waals surface area (Å²) in [6, 6.07) is 9.54. The number of hydrogen-bond acceptors (Lipinski definition) is 2. The van der Waals surface area contributed by atoms with Gasteiger partial charge in [0.05, 0.1) is 18.8 Å². The molecule has 0 N–H and O–H groups in total. The lowest BCUT2D eigenvalue weighted by molar-refractivity contribution is -0.0361. The van der Waals surface area contributed by atoms with E-state index in [2.05, 4.69) is 15.9 Å². The van der Waals surface area contributed by atoms with Crippen LogP contribution in [0.2, 0.25) is 0 Å². The van der Waals surface area contributed by atoms with Crippen molar-refractivity contribution in [3.63, 3.8) is 0 Å². The molecule has 1 aromatic carbocycles. The lowest BCUT2D eigenvalue weighted by atomic mass is 10.1. The monoisotopic (exact) mass is 297 g/mol. The number of alkyl halides is 1. The Balaban J connectivity index is 2.12. The topological polar surface area (TPSA) is 29.5 Å². The van der Waals surface area contributed by atoms with Crippen LogP contribution in [0.25, 0.3) is 0 Å². The summed E-state index contributed by atoms with van der Waals surface area (Å²) < 4.78 is 5.61. The first kappa shape index (κ1) is 12.6. The summed E-state index contributed by atoms with van der Waals surface area (Å²) in [7, 11) is 0. The standard InChI is InChI=1S/C13H16BrNO2/c1-10-9-17-12(7-14)8-15(10)13(16)11-5-3-2-4-6-11/h2-6,10,12H,7-9H2,1H3. The molecule has 3 nitrogen and oxygen atoms in total. The summed E-state index contributed by atoms with van der Waals surface area (Å²) in [5, 5.41) is 0.762. The van der Waals surface area contributed by atoms with Gasteiger partial charge in [0.1, 0.15) is 0 Å². The van der Waals surface area contributed by atoms with Crippen LogP contribution < -0.4 is 0 Å². The zero-order chi connectivity index (χ0) is 12.3. The maximum atomic E-state index is 12.3. The molecule has 0 radical (unpaired) electrons. The van der Waals surface area contributed by atoms with Gasteiger partial charge in [-0.3, -0.25) is 4.79 Å². The SMILES string of the molecule is CC1COC(CBr)CN1C(=O)c1ccccc1. The first-order chi connectivity index (χ1) is 8.22. The molecule has 0 aliphatic carbocycles. The first-order valence-electron chi connectivity index (χ1n) is 5.76. The van der Waals surface area contributed by atoms with E-state index < -0.39 is 0 Å². The molecular weight excluding hydrogens is 282 g/mol. The maximum Gasteiger partial charge on any atom is 0.254 e. The van der Waals surface area contributed by atoms with Gasteiger partial charge in [-0.25, -0.2) is 0 Å². The number of ether oxygens (including phenoxy) is 1. The third kappa shape index (κ3) is 2.87. The molecule has 2 unspecified atom stereocenters. The number of benzene rings is 1. The van der Waals surface area contributed by atoms with E-state index in [0.717, 1.165) is 10.9 Å². The van der Waals surface area contributed by atoms with Gasteiger partial charge < -0.3 is 9.64 Å². The van der Waals surface area contributed by atoms with E-state index >= 15 is 0 Å². The Morgan fingerprint density at radius 3 is 2.82 bits per heavy atom. The second-order valence-corrected chi connectivity index (χ2v) is 4.93. The van der Waals surface area contributed by atoms with Crippen LogP contribution in [0.5, 0.6) is 0 Å². The third-order valence-corrected chi connectivity index (χ3v) is 3.68. The highest BCUT2D eigenvalue weighted by Gasteiger charge is 2.29. The van der Waals surface area contributed by atoms with Gasteiger partial charge in [0.2, 0.25) is 0 Å². The van der Waals surface area contributed by atoms with E-state index in [1.165, 1.54) is 0 Å². The van der Waals surface area contributed by atoms with E-state index in [1.54, 1.807) is 0 Å². The average Bonchev–Trinajstić information content (AvgIpc) is 2.39. The Morgan fingerprint density at radius 2 is 2.18 bits per heavy atom. The molecule has 0 saturated carbocycles. The van der Waals surface area contributed by atoms with E-state index in [1.807, 2.05) is 42.2 Å². The van der Waals surface area contributed by atoms with Crippen LogP contribution in [0.4, 0.5) is 0 Å². The Kier molecular flexibility index (Phi) is 4.18. The predicted octanol–water partition coefficient (Wildman–Crippen LogP) is 2.31. The molecule has 1 heterocycles. The lowest BCUT2D eigenvalue weighted by Crippen LogP contribution is -2.51. The summed E-state index contributed by atoms with van der Waals surface area (Å²) in [6.07, 6.45) is 0.0962. The van der Waals surface area contributed by atoms with Gasteiger partial charge in [0.15, 0.2) is 0 Å². The van der Waals surface area contributed by atoms with E-state index in [4.69, 9.17) is 4.74 Å². The van der Waals surface area contributed by atoms with Crippen molar-refractivity contribution >= 4 is 21.8 Å².